The molecule has 39 heavy (non-hydrogen) atoms. The van der Waals surface area contributed by atoms with Gasteiger partial charge in [0.1, 0.15) is 29.6 Å². The zero-order valence-electron chi connectivity index (χ0n) is 22.0. The number of benzene rings is 2. The summed E-state index contributed by atoms with van der Waals surface area (Å²) in [5.74, 6) is 2.82. The van der Waals surface area contributed by atoms with E-state index >= 15 is 0 Å². The number of amides is 1. The number of rotatable bonds is 12. The van der Waals surface area contributed by atoms with Crippen LogP contribution in [0.4, 0.5) is 4.79 Å². The maximum atomic E-state index is 12.9. The molecule has 0 aliphatic heterocycles. The number of aryl methyl sites for hydroxylation is 1. The van der Waals surface area contributed by atoms with Crippen LogP contribution >= 0.6 is 0 Å². The maximum Gasteiger partial charge on any atom is 0.416 e. The number of methoxy groups -OCH3 is 1. The van der Waals surface area contributed by atoms with Gasteiger partial charge >= 0.3 is 12.1 Å². The third kappa shape index (κ3) is 7.64. The Kier molecular flexibility index (Phi) is 9.23. The summed E-state index contributed by atoms with van der Waals surface area (Å²) in [6.45, 7) is 4.06. The SMILES string of the molecule is CCOC(=O)CN(Cc1ccc(OCCc2nc(-c3ccco3)oc2C)cc1)C(=O)Oc1ccc(OC)cc1. The van der Waals surface area contributed by atoms with E-state index in [9.17, 15) is 9.59 Å². The molecule has 0 aliphatic rings. The number of hydrogen-bond acceptors (Lipinski definition) is 9. The van der Waals surface area contributed by atoms with Crippen molar-refractivity contribution in [3.8, 4) is 28.9 Å². The fraction of sp³-hybridized carbons (Fsp3) is 0.276. The molecule has 0 unspecified atom stereocenters. The second-order valence-electron chi connectivity index (χ2n) is 8.45. The Morgan fingerprint density at radius 3 is 2.36 bits per heavy atom. The molecule has 10 nitrogen and oxygen atoms in total. The molecule has 0 fully saturated rings. The summed E-state index contributed by atoms with van der Waals surface area (Å²) >= 11 is 0. The van der Waals surface area contributed by atoms with E-state index in [0.29, 0.717) is 47.7 Å². The standard InChI is InChI=1S/C29H30N2O8/c1-4-35-27(32)19-31(29(33)39-24-13-11-22(34-3)12-14-24)18-21-7-9-23(10-8-21)36-17-15-25-20(2)38-28(30-25)26-6-5-16-37-26/h5-14,16H,4,15,17-19H2,1-3H3. The summed E-state index contributed by atoms with van der Waals surface area (Å²) in [7, 11) is 1.55. The van der Waals surface area contributed by atoms with Crippen LogP contribution in [-0.2, 0) is 22.5 Å². The Bertz CT molecular complexity index is 1350. The van der Waals surface area contributed by atoms with Gasteiger partial charge in [-0.05, 0) is 67.9 Å². The topological polar surface area (TPSA) is 113 Å². The molecule has 2 aromatic carbocycles. The van der Waals surface area contributed by atoms with Gasteiger partial charge < -0.3 is 27.8 Å². The smallest absolute Gasteiger partial charge is 0.416 e. The molecule has 2 aromatic heterocycles. The minimum Gasteiger partial charge on any atom is -0.497 e. The Hall–Kier alpha value is -4.73. The predicted octanol–water partition coefficient (Wildman–Crippen LogP) is 5.44. The lowest BCUT2D eigenvalue weighted by Crippen LogP contribution is -2.38. The number of oxazole rings is 1. The molecule has 204 valence electrons. The summed E-state index contributed by atoms with van der Waals surface area (Å²) in [6, 6.07) is 17.4. The summed E-state index contributed by atoms with van der Waals surface area (Å²) in [5.41, 5.74) is 1.58. The number of aromatic nitrogens is 1. The molecule has 0 saturated heterocycles. The summed E-state index contributed by atoms with van der Waals surface area (Å²) in [5, 5.41) is 0. The largest absolute Gasteiger partial charge is 0.497 e. The van der Waals surface area contributed by atoms with Gasteiger partial charge in [-0.1, -0.05) is 12.1 Å². The van der Waals surface area contributed by atoms with Gasteiger partial charge in [0.2, 0.25) is 0 Å². The fourth-order valence-electron chi connectivity index (χ4n) is 3.70. The van der Waals surface area contributed by atoms with Gasteiger partial charge in [-0.25, -0.2) is 9.78 Å². The fourth-order valence-corrected chi connectivity index (χ4v) is 3.70. The highest BCUT2D eigenvalue weighted by molar-refractivity contribution is 5.79. The number of carbonyl (C=O) groups is 2. The zero-order chi connectivity index (χ0) is 27.6. The first kappa shape index (κ1) is 27.3. The van der Waals surface area contributed by atoms with Crippen LogP contribution in [0.1, 0.15) is 23.9 Å². The van der Waals surface area contributed by atoms with Crippen LogP contribution in [0.5, 0.6) is 17.2 Å². The number of nitrogens with zero attached hydrogens (tertiary/aromatic N) is 2. The van der Waals surface area contributed by atoms with Crippen LogP contribution < -0.4 is 14.2 Å². The van der Waals surface area contributed by atoms with E-state index in [4.69, 9.17) is 27.8 Å². The van der Waals surface area contributed by atoms with Crippen LogP contribution in [0, 0.1) is 6.92 Å². The highest BCUT2D eigenvalue weighted by Gasteiger charge is 2.21. The molecule has 2 heterocycles. The van der Waals surface area contributed by atoms with Gasteiger partial charge in [0.05, 0.1) is 32.3 Å². The van der Waals surface area contributed by atoms with Gasteiger partial charge in [0.25, 0.3) is 5.89 Å². The van der Waals surface area contributed by atoms with Gasteiger partial charge in [-0.2, -0.15) is 0 Å². The van der Waals surface area contributed by atoms with Crippen LogP contribution in [0.15, 0.2) is 75.8 Å². The minimum absolute atomic E-state index is 0.141. The molecule has 10 heteroatoms. The first-order chi connectivity index (χ1) is 18.9. The first-order valence-corrected chi connectivity index (χ1v) is 12.4. The van der Waals surface area contributed by atoms with Gasteiger partial charge in [-0.15, -0.1) is 0 Å². The number of furan rings is 1. The normalized spacial score (nSPS) is 10.6. The maximum absolute atomic E-state index is 12.9. The molecular weight excluding hydrogens is 504 g/mol. The highest BCUT2D eigenvalue weighted by atomic mass is 16.6. The Balaban J connectivity index is 1.34. The van der Waals surface area contributed by atoms with Crippen LogP contribution in [0.2, 0.25) is 0 Å². The van der Waals surface area contributed by atoms with Crippen molar-refractivity contribution in [3.63, 3.8) is 0 Å². The molecule has 0 N–H and O–H groups in total. The molecule has 0 atom stereocenters. The van der Waals surface area contributed by atoms with Gasteiger partial charge in [0.15, 0.2) is 5.76 Å². The van der Waals surface area contributed by atoms with Crippen LogP contribution in [0.3, 0.4) is 0 Å². The summed E-state index contributed by atoms with van der Waals surface area (Å²) in [4.78, 5) is 30.8. The van der Waals surface area contributed by atoms with Gasteiger partial charge in [0, 0.05) is 13.0 Å². The molecule has 0 spiro atoms. The lowest BCUT2D eigenvalue weighted by Gasteiger charge is -2.21. The van der Waals surface area contributed by atoms with E-state index in [-0.39, 0.29) is 19.7 Å². The van der Waals surface area contributed by atoms with Crippen molar-refractivity contribution in [2.45, 2.75) is 26.8 Å². The Morgan fingerprint density at radius 1 is 0.974 bits per heavy atom. The molecule has 4 aromatic rings. The molecule has 0 saturated carbocycles. The van der Waals surface area contributed by atoms with E-state index < -0.39 is 12.1 Å². The van der Waals surface area contributed by atoms with E-state index in [2.05, 4.69) is 4.98 Å². The predicted molar refractivity (Wildman–Crippen MR) is 141 cm³/mol. The van der Waals surface area contributed by atoms with Crippen molar-refractivity contribution in [1.82, 2.24) is 9.88 Å². The van der Waals surface area contributed by atoms with Crippen LogP contribution in [0.25, 0.3) is 11.7 Å². The lowest BCUT2D eigenvalue weighted by atomic mass is 10.2. The molecule has 0 bridgehead atoms. The van der Waals surface area contributed by atoms with E-state index in [0.717, 1.165) is 11.3 Å². The van der Waals surface area contributed by atoms with Crippen molar-refractivity contribution >= 4 is 12.1 Å². The Labute approximate surface area is 226 Å². The number of ether oxygens (including phenoxy) is 4. The monoisotopic (exact) mass is 534 g/mol. The van der Waals surface area contributed by atoms with E-state index in [1.165, 1.54) is 4.90 Å². The van der Waals surface area contributed by atoms with Crippen molar-refractivity contribution in [1.29, 1.82) is 0 Å². The molecular formula is C29H30N2O8. The average molecular weight is 535 g/mol. The van der Waals surface area contributed by atoms with Gasteiger partial charge in [-0.3, -0.25) is 9.69 Å². The van der Waals surface area contributed by atoms with Crippen molar-refractivity contribution in [3.05, 3.63) is 83.9 Å². The zero-order valence-corrected chi connectivity index (χ0v) is 22.0. The number of esters is 1. The molecule has 1 amide bonds. The number of hydrogen-bond donors (Lipinski definition) is 0. The second kappa shape index (κ2) is 13.2. The third-order valence-corrected chi connectivity index (χ3v) is 5.68. The molecule has 0 aliphatic carbocycles. The van der Waals surface area contributed by atoms with E-state index in [1.807, 2.05) is 19.1 Å². The number of carbonyl (C=O) groups excluding carboxylic acids is 2. The van der Waals surface area contributed by atoms with Crippen molar-refractivity contribution in [2.75, 3.05) is 26.9 Å². The lowest BCUT2D eigenvalue weighted by molar-refractivity contribution is -0.144. The van der Waals surface area contributed by atoms with Crippen molar-refractivity contribution < 1.29 is 37.4 Å². The summed E-state index contributed by atoms with van der Waals surface area (Å²) < 4.78 is 32.5. The Morgan fingerprint density at radius 2 is 1.69 bits per heavy atom. The van der Waals surface area contributed by atoms with Crippen LogP contribution in [-0.4, -0.2) is 48.8 Å². The van der Waals surface area contributed by atoms with E-state index in [1.54, 1.807) is 68.8 Å². The molecule has 4 rings (SSSR count). The average Bonchev–Trinajstić information content (AvgIpc) is 3.60. The quantitative estimate of drug-likeness (QED) is 0.219. The minimum atomic E-state index is -0.676. The highest BCUT2D eigenvalue weighted by Crippen LogP contribution is 2.23. The third-order valence-electron chi connectivity index (χ3n) is 5.68. The summed E-state index contributed by atoms with van der Waals surface area (Å²) in [6.07, 6.45) is 1.45. The first-order valence-electron chi connectivity index (χ1n) is 12.4. The molecule has 0 radical (unpaired) electrons. The second-order valence-corrected chi connectivity index (χ2v) is 8.45. The van der Waals surface area contributed by atoms with Crippen molar-refractivity contribution in [2.24, 2.45) is 0 Å².